The number of nitrogens with zero attached hydrogens (tertiary/aromatic N) is 2. The molecule has 0 aliphatic rings. The van der Waals surface area contributed by atoms with E-state index in [2.05, 4.69) is 24.3 Å². The molecule has 3 rings (SSSR count). The van der Waals surface area contributed by atoms with Gasteiger partial charge in [-0.1, -0.05) is 49.3 Å². The third kappa shape index (κ3) is 9.26. The number of nitrogens with one attached hydrogen (secondary N) is 1. The highest BCUT2D eigenvalue weighted by molar-refractivity contribution is 7.12. The lowest BCUT2D eigenvalue weighted by Crippen LogP contribution is -2.22. The van der Waals surface area contributed by atoms with Crippen LogP contribution in [-0.2, 0) is 11.3 Å². The minimum absolute atomic E-state index is 0.352. The second-order valence-corrected chi connectivity index (χ2v) is 10.4. The normalized spacial score (nSPS) is 12.6. The number of hydrogen-bond acceptors (Lipinski definition) is 7. The van der Waals surface area contributed by atoms with Crippen molar-refractivity contribution in [2.75, 3.05) is 19.7 Å². The van der Waals surface area contributed by atoms with Gasteiger partial charge in [0.05, 0.1) is 10.7 Å². The van der Waals surface area contributed by atoms with Gasteiger partial charge in [-0.15, -0.1) is 11.3 Å². The number of aromatic nitrogens is 1. The molecule has 0 amide bonds. The van der Waals surface area contributed by atoms with E-state index in [1.54, 1.807) is 11.3 Å². The minimum Gasteiger partial charge on any atom is -0.465 e. The fourth-order valence-electron chi connectivity index (χ4n) is 3.63. The molecule has 0 aliphatic carbocycles. The van der Waals surface area contributed by atoms with Crippen molar-refractivity contribution in [1.29, 1.82) is 0 Å². The standard InChI is InChI=1S/C28H38N4O3S/c1-20(2)19-30-17-16-25-27(31-21(3)36-25)22-12-14-24(15-13-22)35-26(33)11-7-8-18-34-32-28(29)23-9-5-4-6-10-23/h4-6,9-10,12-15,20,26,30,33H,7-8,11,16-19H2,1-3H3,(H2,29,32). The molecule has 8 heteroatoms. The first-order valence-corrected chi connectivity index (χ1v) is 13.4. The Labute approximate surface area is 218 Å². The van der Waals surface area contributed by atoms with Crippen molar-refractivity contribution >= 4 is 17.2 Å². The van der Waals surface area contributed by atoms with Crippen LogP contribution >= 0.6 is 11.3 Å². The number of aliphatic hydroxyl groups is 1. The fourth-order valence-corrected chi connectivity index (χ4v) is 4.58. The highest BCUT2D eigenvalue weighted by Gasteiger charge is 2.12. The van der Waals surface area contributed by atoms with Crippen molar-refractivity contribution in [2.24, 2.45) is 16.8 Å². The smallest absolute Gasteiger partial charge is 0.197 e. The molecule has 1 heterocycles. The lowest BCUT2D eigenvalue weighted by molar-refractivity contribution is -0.0257. The third-order valence-electron chi connectivity index (χ3n) is 5.45. The molecule has 0 saturated carbocycles. The number of hydrogen-bond donors (Lipinski definition) is 3. The van der Waals surface area contributed by atoms with Crippen molar-refractivity contribution < 1.29 is 14.7 Å². The number of aliphatic hydroxyl groups excluding tert-OH is 1. The predicted molar refractivity (Wildman–Crippen MR) is 147 cm³/mol. The van der Waals surface area contributed by atoms with Gasteiger partial charge in [-0.25, -0.2) is 4.98 Å². The first-order valence-electron chi connectivity index (χ1n) is 12.6. The molecule has 0 radical (unpaired) electrons. The van der Waals surface area contributed by atoms with Crippen molar-refractivity contribution in [2.45, 2.75) is 52.7 Å². The Balaban J connectivity index is 1.40. The first kappa shape index (κ1) is 27.6. The predicted octanol–water partition coefficient (Wildman–Crippen LogP) is 5.11. The van der Waals surface area contributed by atoms with E-state index >= 15 is 0 Å². The summed E-state index contributed by atoms with van der Waals surface area (Å²) in [4.78, 5) is 11.3. The first-order chi connectivity index (χ1) is 17.4. The minimum atomic E-state index is -0.877. The Morgan fingerprint density at radius 1 is 1.11 bits per heavy atom. The monoisotopic (exact) mass is 510 g/mol. The second-order valence-electron chi connectivity index (χ2n) is 9.12. The van der Waals surface area contributed by atoms with Crippen LogP contribution in [0.3, 0.4) is 0 Å². The van der Waals surface area contributed by atoms with E-state index in [-0.39, 0.29) is 0 Å². The molecular weight excluding hydrogens is 472 g/mol. The molecule has 0 aliphatic heterocycles. The fraction of sp³-hybridized carbons (Fsp3) is 0.429. The maximum Gasteiger partial charge on any atom is 0.197 e. The van der Waals surface area contributed by atoms with Crippen LogP contribution in [0.25, 0.3) is 11.3 Å². The zero-order chi connectivity index (χ0) is 25.8. The number of oxime groups is 1. The van der Waals surface area contributed by atoms with E-state index in [9.17, 15) is 5.11 Å². The topological polar surface area (TPSA) is 102 Å². The number of aryl methyl sites for hydroxylation is 1. The number of rotatable bonds is 15. The summed E-state index contributed by atoms with van der Waals surface area (Å²) in [6, 6.07) is 17.3. The Morgan fingerprint density at radius 2 is 1.86 bits per heavy atom. The van der Waals surface area contributed by atoms with E-state index in [0.717, 1.165) is 54.2 Å². The summed E-state index contributed by atoms with van der Waals surface area (Å²) in [6.07, 6.45) is 2.06. The molecule has 0 fully saturated rings. The van der Waals surface area contributed by atoms with Gasteiger partial charge < -0.3 is 25.7 Å². The van der Waals surface area contributed by atoms with Gasteiger partial charge in [0.1, 0.15) is 12.4 Å². The van der Waals surface area contributed by atoms with Crippen LogP contribution in [0.15, 0.2) is 59.8 Å². The highest BCUT2D eigenvalue weighted by atomic mass is 32.1. The summed E-state index contributed by atoms with van der Waals surface area (Å²) < 4.78 is 5.68. The Morgan fingerprint density at radius 3 is 2.58 bits per heavy atom. The molecular formula is C28H38N4O3S. The summed E-state index contributed by atoms with van der Waals surface area (Å²) in [6.45, 7) is 8.86. The summed E-state index contributed by atoms with van der Waals surface area (Å²) in [7, 11) is 0. The van der Waals surface area contributed by atoms with Crippen LogP contribution in [0.2, 0.25) is 0 Å². The molecule has 0 saturated heterocycles. The Bertz CT molecular complexity index is 1070. The second kappa shape index (κ2) is 14.6. The van der Waals surface area contributed by atoms with Crippen LogP contribution in [0, 0.1) is 12.8 Å². The van der Waals surface area contributed by atoms with Gasteiger partial charge in [-0.05, 0) is 62.9 Å². The summed E-state index contributed by atoms with van der Waals surface area (Å²) in [5.74, 6) is 1.63. The van der Waals surface area contributed by atoms with Crippen LogP contribution < -0.4 is 15.8 Å². The molecule has 194 valence electrons. The van der Waals surface area contributed by atoms with E-state index in [4.69, 9.17) is 20.3 Å². The average molecular weight is 511 g/mol. The molecule has 3 aromatic rings. The SMILES string of the molecule is Cc1nc(-c2ccc(OC(O)CCCCON=C(N)c3ccccc3)cc2)c(CCNCC(C)C)s1. The van der Waals surface area contributed by atoms with Crippen LogP contribution in [-0.4, -0.2) is 41.9 Å². The largest absolute Gasteiger partial charge is 0.465 e. The quantitative estimate of drug-likeness (QED) is 0.0863. The van der Waals surface area contributed by atoms with Gasteiger partial charge in [-0.2, -0.15) is 0 Å². The molecule has 7 nitrogen and oxygen atoms in total. The zero-order valence-electron chi connectivity index (χ0n) is 21.4. The third-order valence-corrected chi connectivity index (χ3v) is 6.49. The summed E-state index contributed by atoms with van der Waals surface area (Å²) >= 11 is 1.75. The molecule has 1 unspecified atom stereocenters. The van der Waals surface area contributed by atoms with Crippen LogP contribution in [0.5, 0.6) is 5.75 Å². The van der Waals surface area contributed by atoms with Gasteiger partial charge in [0.25, 0.3) is 0 Å². The van der Waals surface area contributed by atoms with Crippen molar-refractivity contribution in [1.82, 2.24) is 10.3 Å². The van der Waals surface area contributed by atoms with E-state index in [1.807, 2.05) is 61.5 Å². The molecule has 4 N–H and O–H groups in total. The number of amidine groups is 1. The molecule has 36 heavy (non-hydrogen) atoms. The average Bonchev–Trinajstić information content (AvgIpc) is 3.25. The van der Waals surface area contributed by atoms with Crippen molar-refractivity contribution in [3.63, 3.8) is 0 Å². The van der Waals surface area contributed by atoms with E-state index in [0.29, 0.717) is 30.5 Å². The molecule has 2 aromatic carbocycles. The maximum atomic E-state index is 10.3. The zero-order valence-corrected chi connectivity index (χ0v) is 22.3. The lowest BCUT2D eigenvalue weighted by Gasteiger charge is -2.13. The number of unbranched alkanes of at least 4 members (excludes halogenated alkanes) is 1. The number of thiazole rings is 1. The van der Waals surface area contributed by atoms with Crippen LogP contribution in [0.1, 0.15) is 48.6 Å². The molecule has 1 atom stereocenters. The number of ether oxygens (including phenoxy) is 1. The van der Waals surface area contributed by atoms with E-state index in [1.165, 1.54) is 4.88 Å². The lowest BCUT2D eigenvalue weighted by atomic mass is 10.1. The van der Waals surface area contributed by atoms with E-state index < -0.39 is 6.29 Å². The van der Waals surface area contributed by atoms with Crippen molar-refractivity contribution in [3.8, 4) is 17.0 Å². The van der Waals surface area contributed by atoms with Gasteiger partial charge in [0, 0.05) is 29.0 Å². The van der Waals surface area contributed by atoms with Gasteiger partial charge in [0.2, 0.25) is 0 Å². The number of benzene rings is 2. The summed E-state index contributed by atoms with van der Waals surface area (Å²) in [5.41, 5.74) is 8.82. The highest BCUT2D eigenvalue weighted by Crippen LogP contribution is 2.30. The maximum absolute atomic E-state index is 10.3. The van der Waals surface area contributed by atoms with Crippen molar-refractivity contribution in [3.05, 3.63) is 70.0 Å². The number of nitrogens with two attached hydrogens (primary N) is 1. The van der Waals surface area contributed by atoms with Crippen LogP contribution in [0.4, 0.5) is 0 Å². The van der Waals surface area contributed by atoms with Gasteiger partial charge in [0.15, 0.2) is 12.1 Å². The van der Waals surface area contributed by atoms with Gasteiger partial charge in [-0.3, -0.25) is 0 Å². The molecule has 0 bridgehead atoms. The molecule has 0 spiro atoms. The molecule has 1 aromatic heterocycles. The summed E-state index contributed by atoms with van der Waals surface area (Å²) in [5, 5.41) is 18.8. The Kier molecular flexibility index (Phi) is 11.2. The Hall–Kier alpha value is -2.94. The van der Waals surface area contributed by atoms with Gasteiger partial charge >= 0.3 is 0 Å².